The molecule has 0 radical (unpaired) electrons. The van der Waals surface area contributed by atoms with Crippen LogP contribution in [-0.2, 0) is 24.3 Å². The Bertz CT molecular complexity index is 487. The Labute approximate surface area is 106 Å². The molecular formula is C12H17N5O. The average molecular weight is 247 g/mol. The highest BCUT2D eigenvalue weighted by molar-refractivity contribution is 5.81. The lowest BCUT2D eigenvalue weighted by atomic mass is 10.2. The van der Waals surface area contributed by atoms with E-state index in [-0.39, 0.29) is 12.3 Å². The molecule has 0 aromatic carbocycles. The summed E-state index contributed by atoms with van der Waals surface area (Å²) in [5.74, 6) is 4.04. The molecule has 0 aliphatic carbocycles. The van der Waals surface area contributed by atoms with Crippen LogP contribution < -0.4 is 5.73 Å². The minimum absolute atomic E-state index is 0.164. The van der Waals surface area contributed by atoms with Gasteiger partial charge in [0, 0.05) is 26.4 Å². The van der Waals surface area contributed by atoms with Crippen molar-refractivity contribution in [2.75, 3.05) is 7.05 Å². The van der Waals surface area contributed by atoms with Gasteiger partial charge in [0.25, 0.3) is 0 Å². The van der Waals surface area contributed by atoms with Gasteiger partial charge in [0.2, 0.25) is 5.91 Å². The molecule has 96 valence electrons. The Morgan fingerprint density at radius 1 is 1.67 bits per heavy atom. The number of nitrogens with two attached hydrogens (primary N) is 1. The van der Waals surface area contributed by atoms with Crippen molar-refractivity contribution in [3.8, 4) is 12.3 Å². The summed E-state index contributed by atoms with van der Waals surface area (Å²) in [6.45, 7) is 1.35. The summed E-state index contributed by atoms with van der Waals surface area (Å²) in [5.41, 5.74) is 5.69. The molecule has 0 saturated carbocycles. The Kier molecular flexibility index (Phi) is 3.63. The molecule has 2 heterocycles. The first kappa shape index (κ1) is 12.6. The van der Waals surface area contributed by atoms with E-state index in [4.69, 9.17) is 12.2 Å². The van der Waals surface area contributed by atoms with Crippen LogP contribution in [0.15, 0.2) is 0 Å². The van der Waals surface area contributed by atoms with Gasteiger partial charge in [-0.05, 0) is 6.42 Å². The zero-order valence-electron chi connectivity index (χ0n) is 10.5. The zero-order valence-corrected chi connectivity index (χ0v) is 10.5. The summed E-state index contributed by atoms with van der Waals surface area (Å²) in [6.07, 6.45) is 7.45. The number of fused-ring (bicyclic) bond motifs is 1. The molecule has 6 heteroatoms. The molecule has 1 aromatic heterocycles. The fourth-order valence-electron chi connectivity index (χ4n) is 2.12. The maximum absolute atomic E-state index is 11.9. The van der Waals surface area contributed by atoms with Crippen molar-refractivity contribution in [2.24, 2.45) is 5.73 Å². The number of aryl methyl sites for hydroxylation is 1. The molecule has 0 bridgehead atoms. The summed E-state index contributed by atoms with van der Waals surface area (Å²) in [6, 6.07) is -0.638. The largest absolute Gasteiger partial charge is 0.337 e. The minimum Gasteiger partial charge on any atom is -0.337 e. The predicted octanol–water partition coefficient (Wildman–Crippen LogP) is -0.467. The van der Waals surface area contributed by atoms with Crippen molar-refractivity contribution < 1.29 is 4.79 Å². The van der Waals surface area contributed by atoms with Crippen LogP contribution in [0.4, 0.5) is 0 Å². The zero-order chi connectivity index (χ0) is 13.1. The molecule has 0 saturated heterocycles. The number of likely N-dealkylation sites (N-methyl/N-ethyl adjacent to an activating group) is 1. The molecule has 1 aromatic rings. The van der Waals surface area contributed by atoms with Gasteiger partial charge in [0.15, 0.2) is 5.82 Å². The quantitative estimate of drug-likeness (QED) is 0.730. The molecule has 6 nitrogen and oxygen atoms in total. The summed E-state index contributed by atoms with van der Waals surface area (Å²) in [4.78, 5) is 13.5. The lowest BCUT2D eigenvalue weighted by Gasteiger charge is -2.19. The normalized spacial score (nSPS) is 14.9. The van der Waals surface area contributed by atoms with E-state index >= 15 is 0 Å². The number of hydrogen-bond acceptors (Lipinski definition) is 4. The van der Waals surface area contributed by atoms with Crippen molar-refractivity contribution in [3.05, 3.63) is 11.6 Å². The van der Waals surface area contributed by atoms with Crippen LogP contribution in [-0.4, -0.2) is 38.7 Å². The molecule has 1 amide bonds. The number of carbonyl (C=O) groups is 1. The van der Waals surface area contributed by atoms with E-state index in [1.165, 1.54) is 0 Å². The second-order valence-electron chi connectivity index (χ2n) is 4.50. The highest BCUT2D eigenvalue weighted by atomic mass is 16.2. The van der Waals surface area contributed by atoms with Crippen LogP contribution >= 0.6 is 0 Å². The lowest BCUT2D eigenvalue weighted by molar-refractivity contribution is -0.131. The second-order valence-corrected chi connectivity index (χ2v) is 4.50. The molecule has 2 N–H and O–H groups in total. The molecule has 0 spiro atoms. The van der Waals surface area contributed by atoms with Crippen molar-refractivity contribution in [1.82, 2.24) is 19.7 Å². The van der Waals surface area contributed by atoms with Gasteiger partial charge in [-0.15, -0.1) is 22.5 Å². The fraction of sp³-hybridized carbons (Fsp3) is 0.583. The van der Waals surface area contributed by atoms with E-state index < -0.39 is 6.04 Å². The highest BCUT2D eigenvalue weighted by Crippen LogP contribution is 2.15. The summed E-state index contributed by atoms with van der Waals surface area (Å²) in [7, 11) is 1.70. The average Bonchev–Trinajstić information content (AvgIpc) is 2.93. The molecule has 18 heavy (non-hydrogen) atoms. The first-order valence-corrected chi connectivity index (χ1v) is 5.98. The fourth-order valence-corrected chi connectivity index (χ4v) is 2.12. The van der Waals surface area contributed by atoms with E-state index in [1.54, 1.807) is 11.9 Å². The van der Waals surface area contributed by atoms with Gasteiger partial charge >= 0.3 is 0 Å². The number of amides is 1. The van der Waals surface area contributed by atoms with Gasteiger partial charge in [-0.1, -0.05) is 0 Å². The number of aromatic nitrogens is 3. The molecule has 1 aliphatic heterocycles. The molecule has 1 aliphatic rings. The molecular weight excluding hydrogens is 230 g/mol. The number of terminal acetylenes is 1. The van der Waals surface area contributed by atoms with Crippen LogP contribution in [0.5, 0.6) is 0 Å². The Morgan fingerprint density at radius 2 is 2.44 bits per heavy atom. The number of carbonyl (C=O) groups excluding carboxylic acids is 1. The van der Waals surface area contributed by atoms with Crippen molar-refractivity contribution >= 4 is 5.91 Å². The molecule has 0 fully saturated rings. The second kappa shape index (κ2) is 5.19. The van der Waals surface area contributed by atoms with Crippen LogP contribution in [0.25, 0.3) is 0 Å². The van der Waals surface area contributed by atoms with Crippen LogP contribution in [0.2, 0.25) is 0 Å². The van der Waals surface area contributed by atoms with E-state index in [0.29, 0.717) is 6.54 Å². The maximum atomic E-state index is 11.9. The molecule has 2 rings (SSSR count). The summed E-state index contributed by atoms with van der Waals surface area (Å²) in [5, 5.41) is 8.21. The van der Waals surface area contributed by atoms with Gasteiger partial charge in [-0.25, -0.2) is 0 Å². The third-order valence-electron chi connectivity index (χ3n) is 3.10. The third-order valence-corrected chi connectivity index (χ3v) is 3.10. The minimum atomic E-state index is -0.638. The SMILES string of the molecule is C#CCC(N)C(=O)N(C)Cc1nnc2n1CCC2. The van der Waals surface area contributed by atoms with E-state index in [2.05, 4.69) is 20.7 Å². The summed E-state index contributed by atoms with van der Waals surface area (Å²) >= 11 is 0. The van der Waals surface area contributed by atoms with E-state index in [9.17, 15) is 4.79 Å². The number of rotatable bonds is 4. The van der Waals surface area contributed by atoms with Gasteiger partial charge in [-0.3, -0.25) is 4.79 Å². The predicted molar refractivity (Wildman–Crippen MR) is 66.2 cm³/mol. The molecule has 1 atom stereocenters. The van der Waals surface area contributed by atoms with Crippen molar-refractivity contribution in [1.29, 1.82) is 0 Å². The topological polar surface area (TPSA) is 77.0 Å². The third kappa shape index (κ3) is 2.36. The van der Waals surface area contributed by atoms with Gasteiger partial charge in [0.05, 0.1) is 12.6 Å². The number of hydrogen-bond donors (Lipinski definition) is 1. The smallest absolute Gasteiger partial charge is 0.240 e. The van der Waals surface area contributed by atoms with E-state index in [0.717, 1.165) is 31.0 Å². The summed E-state index contributed by atoms with van der Waals surface area (Å²) < 4.78 is 2.07. The van der Waals surface area contributed by atoms with Crippen LogP contribution in [0, 0.1) is 12.3 Å². The van der Waals surface area contributed by atoms with E-state index in [1.807, 2.05) is 0 Å². The van der Waals surface area contributed by atoms with Crippen molar-refractivity contribution in [3.63, 3.8) is 0 Å². The van der Waals surface area contributed by atoms with Gasteiger partial charge in [0.1, 0.15) is 5.82 Å². The highest BCUT2D eigenvalue weighted by Gasteiger charge is 2.22. The van der Waals surface area contributed by atoms with Gasteiger partial charge in [-0.2, -0.15) is 0 Å². The lowest BCUT2D eigenvalue weighted by Crippen LogP contribution is -2.41. The first-order valence-electron chi connectivity index (χ1n) is 5.98. The van der Waals surface area contributed by atoms with Gasteiger partial charge < -0.3 is 15.2 Å². The Balaban J connectivity index is 2.01. The monoisotopic (exact) mass is 247 g/mol. The van der Waals surface area contributed by atoms with Crippen molar-refractivity contribution in [2.45, 2.75) is 38.4 Å². The standard InChI is InChI=1S/C12H17N5O/c1-3-5-9(13)12(18)16(2)8-11-15-14-10-6-4-7-17(10)11/h1,9H,4-8,13H2,2H3. The Hall–Kier alpha value is -1.87. The molecule has 1 unspecified atom stereocenters. The van der Waals surface area contributed by atoms with Crippen LogP contribution in [0.1, 0.15) is 24.5 Å². The first-order chi connectivity index (χ1) is 8.63. The van der Waals surface area contributed by atoms with Crippen LogP contribution in [0.3, 0.4) is 0 Å². The maximum Gasteiger partial charge on any atom is 0.240 e. The Morgan fingerprint density at radius 3 is 3.17 bits per heavy atom. The number of nitrogens with zero attached hydrogens (tertiary/aromatic N) is 4.